The van der Waals surface area contributed by atoms with Gasteiger partial charge in [-0.3, -0.25) is 4.79 Å². The van der Waals surface area contributed by atoms with Gasteiger partial charge in [-0.1, -0.05) is 37.1 Å². The molecule has 0 atom stereocenters. The van der Waals surface area contributed by atoms with Crippen molar-refractivity contribution in [2.45, 2.75) is 49.7 Å². The molecule has 0 saturated heterocycles. The smallest absolute Gasteiger partial charge is 0.234 e. The van der Waals surface area contributed by atoms with Crippen LogP contribution in [0.2, 0.25) is 0 Å². The van der Waals surface area contributed by atoms with Gasteiger partial charge in [-0.25, -0.2) is 0 Å². The van der Waals surface area contributed by atoms with Crippen LogP contribution in [0.5, 0.6) is 11.5 Å². The van der Waals surface area contributed by atoms with E-state index < -0.39 is 0 Å². The first-order valence-electron chi connectivity index (χ1n) is 10.5. The van der Waals surface area contributed by atoms with Crippen molar-refractivity contribution in [1.82, 2.24) is 14.8 Å². The van der Waals surface area contributed by atoms with Crippen molar-refractivity contribution in [2.24, 2.45) is 0 Å². The molecule has 7 nitrogen and oxygen atoms in total. The maximum atomic E-state index is 12.6. The predicted octanol–water partition coefficient (Wildman–Crippen LogP) is 4.90. The highest BCUT2D eigenvalue weighted by Crippen LogP contribution is 2.35. The van der Waals surface area contributed by atoms with Crippen LogP contribution in [-0.2, 0) is 11.2 Å². The standard InChI is InChI=1S/C22H24N4O3S2/c27-21(23-15-8-9-18-19(11-15)29-14-28-18)13-31-22-25-24-20(12-17-7-4-10-30-17)26(22)16-5-2-1-3-6-16/h4,7-11,16H,1-3,5-6,12-14H2,(H,23,27). The van der Waals surface area contributed by atoms with E-state index in [1.54, 1.807) is 17.4 Å². The first kappa shape index (κ1) is 20.4. The van der Waals surface area contributed by atoms with Crippen LogP contribution < -0.4 is 14.8 Å². The largest absolute Gasteiger partial charge is 0.454 e. The minimum atomic E-state index is -0.0816. The van der Waals surface area contributed by atoms with Gasteiger partial charge in [-0.05, 0) is 36.4 Å². The van der Waals surface area contributed by atoms with Gasteiger partial charge < -0.3 is 19.4 Å². The van der Waals surface area contributed by atoms with Crippen LogP contribution in [0, 0.1) is 0 Å². The summed E-state index contributed by atoms with van der Waals surface area (Å²) < 4.78 is 13.0. The molecule has 1 aliphatic carbocycles. The highest BCUT2D eigenvalue weighted by Gasteiger charge is 2.24. The summed E-state index contributed by atoms with van der Waals surface area (Å²) in [4.78, 5) is 13.9. The lowest BCUT2D eigenvalue weighted by Crippen LogP contribution is -2.18. The molecule has 1 amide bonds. The summed E-state index contributed by atoms with van der Waals surface area (Å²) in [5.41, 5.74) is 0.696. The number of hydrogen-bond acceptors (Lipinski definition) is 7. The monoisotopic (exact) mass is 456 g/mol. The van der Waals surface area contributed by atoms with Crippen molar-refractivity contribution >= 4 is 34.7 Å². The summed E-state index contributed by atoms with van der Waals surface area (Å²) in [7, 11) is 0. The summed E-state index contributed by atoms with van der Waals surface area (Å²) in [5, 5.41) is 14.8. The molecule has 1 saturated carbocycles. The fourth-order valence-corrected chi connectivity index (χ4v) is 5.63. The number of fused-ring (bicyclic) bond motifs is 1. The zero-order chi connectivity index (χ0) is 21.0. The van der Waals surface area contributed by atoms with E-state index in [0.717, 1.165) is 30.2 Å². The highest BCUT2D eigenvalue weighted by atomic mass is 32.2. The number of benzene rings is 1. The summed E-state index contributed by atoms with van der Waals surface area (Å²) in [6.07, 6.45) is 6.83. The van der Waals surface area contributed by atoms with Gasteiger partial charge in [0.2, 0.25) is 12.7 Å². The first-order chi connectivity index (χ1) is 15.3. The molecule has 0 unspecified atom stereocenters. The van der Waals surface area contributed by atoms with E-state index in [4.69, 9.17) is 9.47 Å². The van der Waals surface area contributed by atoms with Gasteiger partial charge in [-0.2, -0.15) is 0 Å². The molecule has 162 valence electrons. The van der Waals surface area contributed by atoms with E-state index in [9.17, 15) is 4.79 Å². The highest BCUT2D eigenvalue weighted by molar-refractivity contribution is 7.99. The number of nitrogens with one attached hydrogen (secondary N) is 1. The number of nitrogens with zero attached hydrogens (tertiary/aromatic N) is 3. The third kappa shape index (κ3) is 4.72. The number of thioether (sulfide) groups is 1. The van der Waals surface area contributed by atoms with Crippen LogP contribution >= 0.6 is 23.1 Å². The van der Waals surface area contributed by atoms with Crippen molar-refractivity contribution in [1.29, 1.82) is 0 Å². The Balaban J connectivity index is 1.27. The molecule has 3 aromatic rings. The summed E-state index contributed by atoms with van der Waals surface area (Å²) in [6, 6.07) is 10.0. The maximum absolute atomic E-state index is 12.6. The number of carbonyl (C=O) groups is 1. The Morgan fingerprint density at radius 2 is 2.03 bits per heavy atom. The van der Waals surface area contributed by atoms with Crippen LogP contribution in [-0.4, -0.2) is 33.2 Å². The maximum Gasteiger partial charge on any atom is 0.234 e. The average molecular weight is 457 g/mol. The fourth-order valence-electron chi connectivity index (χ4n) is 4.10. The SMILES string of the molecule is O=C(CSc1nnc(Cc2cccs2)n1C1CCCCC1)Nc1ccc2c(c1)OCO2. The minimum absolute atomic E-state index is 0.0816. The Bertz CT molecular complexity index is 1050. The van der Waals surface area contributed by atoms with E-state index in [0.29, 0.717) is 23.2 Å². The quantitative estimate of drug-likeness (QED) is 0.510. The molecule has 1 N–H and O–H groups in total. The van der Waals surface area contributed by atoms with Crippen molar-refractivity contribution < 1.29 is 14.3 Å². The van der Waals surface area contributed by atoms with Gasteiger partial charge in [0.25, 0.3) is 0 Å². The van der Waals surface area contributed by atoms with E-state index in [1.807, 2.05) is 12.1 Å². The van der Waals surface area contributed by atoms with Crippen molar-refractivity contribution in [3.8, 4) is 11.5 Å². The first-order valence-corrected chi connectivity index (χ1v) is 12.4. The minimum Gasteiger partial charge on any atom is -0.454 e. The molecular weight excluding hydrogens is 432 g/mol. The second kappa shape index (κ2) is 9.32. The molecule has 0 radical (unpaired) electrons. The number of aromatic nitrogens is 3. The van der Waals surface area contributed by atoms with E-state index in [-0.39, 0.29) is 18.5 Å². The van der Waals surface area contributed by atoms with Crippen LogP contribution in [0.1, 0.15) is 48.8 Å². The Morgan fingerprint density at radius 1 is 1.16 bits per heavy atom. The lowest BCUT2D eigenvalue weighted by atomic mass is 9.95. The second-order valence-corrected chi connectivity index (χ2v) is 9.70. The summed E-state index contributed by atoms with van der Waals surface area (Å²) >= 11 is 3.19. The zero-order valence-electron chi connectivity index (χ0n) is 17.1. The van der Waals surface area contributed by atoms with Gasteiger partial charge in [0.05, 0.1) is 5.75 Å². The molecule has 1 aliphatic heterocycles. The van der Waals surface area contributed by atoms with E-state index >= 15 is 0 Å². The number of rotatable bonds is 7. The number of amides is 1. The van der Waals surface area contributed by atoms with Crippen molar-refractivity contribution in [3.63, 3.8) is 0 Å². The predicted molar refractivity (Wildman–Crippen MR) is 121 cm³/mol. The molecule has 3 heterocycles. The Morgan fingerprint density at radius 3 is 2.87 bits per heavy atom. The van der Waals surface area contributed by atoms with E-state index in [2.05, 4.69) is 37.6 Å². The number of carbonyl (C=O) groups excluding carboxylic acids is 1. The van der Waals surface area contributed by atoms with Gasteiger partial charge >= 0.3 is 0 Å². The van der Waals surface area contributed by atoms with Crippen LogP contribution in [0.3, 0.4) is 0 Å². The lowest BCUT2D eigenvalue weighted by Gasteiger charge is -2.25. The van der Waals surface area contributed by atoms with Crippen molar-refractivity contribution in [3.05, 3.63) is 46.4 Å². The topological polar surface area (TPSA) is 78.3 Å². The summed E-state index contributed by atoms with van der Waals surface area (Å²) in [5.74, 6) is 2.54. The molecule has 0 spiro atoms. The van der Waals surface area contributed by atoms with Gasteiger partial charge in [0.1, 0.15) is 5.82 Å². The van der Waals surface area contributed by atoms with Crippen molar-refractivity contribution in [2.75, 3.05) is 17.9 Å². The molecule has 5 rings (SSSR count). The zero-order valence-corrected chi connectivity index (χ0v) is 18.7. The Kier molecular flexibility index (Phi) is 6.13. The van der Waals surface area contributed by atoms with Gasteiger partial charge in [0.15, 0.2) is 16.7 Å². The van der Waals surface area contributed by atoms with Crippen LogP contribution in [0.25, 0.3) is 0 Å². The number of anilines is 1. The van der Waals surface area contributed by atoms with Gasteiger partial charge in [-0.15, -0.1) is 21.5 Å². The Hall–Kier alpha value is -2.52. The number of thiophene rings is 1. The molecule has 2 aliphatic rings. The number of ether oxygens (including phenoxy) is 2. The summed E-state index contributed by atoms with van der Waals surface area (Å²) in [6.45, 7) is 0.215. The second-order valence-electron chi connectivity index (χ2n) is 7.72. The molecular formula is C22H24N4O3S2. The Labute approximate surface area is 189 Å². The normalized spacial score (nSPS) is 15.9. The van der Waals surface area contributed by atoms with Gasteiger partial charge in [0, 0.05) is 29.1 Å². The van der Waals surface area contributed by atoms with Crippen LogP contribution in [0.15, 0.2) is 40.9 Å². The molecule has 0 bridgehead atoms. The third-order valence-corrected chi connectivity index (χ3v) is 7.40. The average Bonchev–Trinajstić information content (AvgIpc) is 3.54. The van der Waals surface area contributed by atoms with E-state index in [1.165, 1.54) is 35.9 Å². The molecule has 1 aromatic carbocycles. The molecule has 31 heavy (non-hydrogen) atoms. The molecule has 1 fully saturated rings. The molecule has 9 heteroatoms. The fraction of sp³-hybridized carbons (Fsp3) is 0.409. The van der Waals surface area contributed by atoms with Crippen LogP contribution in [0.4, 0.5) is 5.69 Å². The lowest BCUT2D eigenvalue weighted by molar-refractivity contribution is -0.113. The third-order valence-electron chi connectivity index (χ3n) is 5.58. The number of hydrogen-bond donors (Lipinski definition) is 1. The molecule has 2 aromatic heterocycles.